The molecule has 2 rings (SSSR count). The highest BCUT2D eigenvalue weighted by Gasteiger charge is 2.43. The monoisotopic (exact) mass is 334 g/mol. The van der Waals surface area contributed by atoms with E-state index >= 15 is 0 Å². The number of carbonyl (C=O) groups excluding carboxylic acids is 3. The second-order valence-corrected chi connectivity index (χ2v) is 6.04. The van der Waals surface area contributed by atoms with Crippen molar-refractivity contribution in [3.63, 3.8) is 0 Å². The Morgan fingerprint density at radius 3 is 1.83 bits per heavy atom. The van der Waals surface area contributed by atoms with Crippen molar-refractivity contribution in [2.75, 3.05) is 13.2 Å². The minimum absolute atomic E-state index is 0.0278. The molecule has 0 atom stereocenters. The molecule has 0 N–H and O–H groups in total. The highest BCUT2D eigenvalue weighted by Crippen LogP contribution is 2.39. The molecular formula is C16H24F2O5. The van der Waals surface area contributed by atoms with Gasteiger partial charge in [-0.15, -0.1) is 0 Å². The first-order chi connectivity index (χ1) is 10.7. The number of esters is 2. The molecule has 0 saturated heterocycles. The van der Waals surface area contributed by atoms with E-state index < -0.39 is 24.4 Å². The molecule has 132 valence electrons. The molecule has 0 amide bonds. The van der Waals surface area contributed by atoms with Crippen molar-refractivity contribution in [3.05, 3.63) is 0 Å². The Kier molecular flexibility index (Phi) is 7.58. The summed E-state index contributed by atoms with van der Waals surface area (Å²) in [7, 11) is 0. The van der Waals surface area contributed by atoms with Gasteiger partial charge in [0, 0.05) is 25.7 Å². The highest BCUT2D eigenvalue weighted by molar-refractivity contribution is 5.84. The average molecular weight is 334 g/mol. The van der Waals surface area contributed by atoms with Crippen LogP contribution in [0.3, 0.4) is 0 Å². The molecule has 0 aromatic rings. The second-order valence-electron chi connectivity index (χ2n) is 6.04. The Morgan fingerprint density at radius 2 is 1.48 bits per heavy atom. The van der Waals surface area contributed by atoms with Crippen LogP contribution in [0.1, 0.15) is 52.4 Å². The van der Waals surface area contributed by atoms with Gasteiger partial charge in [-0.1, -0.05) is 12.8 Å². The van der Waals surface area contributed by atoms with Crippen molar-refractivity contribution in [1.29, 1.82) is 0 Å². The maximum Gasteiger partial charge on any atom is 0.303 e. The van der Waals surface area contributed by atoms with Gasteiger partial charge in [-0.3, -0.25) is 14.4 Å². The van der Waals surface area contributed by atoms with E-state index in [9.17, 15) is 23.2 Å². The van der Waals surface area contributed by atoms with E-state index in [-0.39, 0.29) is 24.3 Å². The van der Waals surface area contributed by atoms with Crippen molar-refractivity contribution in [2.24, 2.45) is 11.8 Å². The van der Waals surface area contributed by atoms with Crippen LogP contribution < -0.4 is 0 Å². The fourth-order valence-corrected chi connectivity index (χ4v) is 2.17. The standard InChI is InChI=1S/C8H12F2O2.C8H12O3/c1-6(11)12-5-8(9,10)7-3-2-4-7;1-6(9)11-5-8(10)7-3-2-4-7/h7H,2-5H2,1H3;7H,2-5H2,1H3. The number of carbonyl (C=O) groups is 3. The molecule has 2 fully saturated rings. The molecule has 0 radical (unpaired) electrons. The summed E-state index contributed by atoms with van der Waals surface area (Å²) in [6.45, 7) is 1.66. The zero-order valence-electron chi connectivity index (χ0n) is 13.6. The molecule has 7 heteroatoms. The summed E-state index contributed by atoms with van der Waals surface area (Å²) in [6, 6.07) is 0. The average Bonchev–Trinajstić information content (AvgIpc) is 2.30. The second kappa shape index (κ2) is 8.93. The SMILES string of the molecule is CC(=O)OCC(=O)C1CCC1.CC(=O)OCC(F)(F)C1CCC1. The minimum atomic E-state index is -2.82. The third-order valence-corrected chi connectivity index (χ3v) is 4.15. The van der Waals surface area contributed by atoms with Gasteiger partial charge in [0.2, 0.25) is 0 Å². The molecule has 0 aromatic heterocycles. The van der Waals surface area contributed by atoms with Crippen molar-refractivity contribution in [3.8, 4) is 0 Å². The molecule has 0 aliphatic heterocycles. The van der Waals surface area contributed by atoms with Crippen LogP contribution in [0, 0.1) is 11.8 Å². The minimum Gasteiger partial charge on any atom is -0.459 e. The molecule has 2 saturated carbocycles. The van der Waals surface area contributed by atoms with Gasteiger partial charge in [-0.05, 0) is 25.7 Å². The first kappa shape index (κ1) is 19.5. The van der Waals surface area contributed by atoms with Crippen LogP contribution in [0.15, 0.2) is 0 Å². The smallest absolute Gasteiger partial charge is 0.303 e. The van der Waals surface area contributed by atoms with Crippen molar-refractivity contribution in [2.45, 2.75) is 58.3 Å². The van der Waals surface area contributed by atoms with Crippen LogP contribution in [0.2, 0.25) is 0 Å². The van der Waals surface area contributed by atoms with E-state index in [1.165, 1.54) is 6.92 Å². The fourth-order valence-electron chi connectivity index (χ4n) is 2.17. The Morgan fingerprint density at radius 1 is 0.957 bits per heavy atom. The summed E-state index contributed by atoms with van der Waals surface area (Å²) in [6.07, 6.45) is 5.04. The molecule has 0 unspecified atom stereocenters. The summed E-state index contributed by atoms with van der Waals surface area (Å²) in [5.74, 6) is -4.16. The molecule has 0 spiro atoms. The highest BCUT2D eigenvalue weighted by atomic mass is 19.3. The van der Waals surface area contributed by atoms with Crippen molar-refractivity contribution >= 4 is 17.7 Å². The summed E-state index contributed by atoms with van der Waals surface area (Å²) in [4.78, 5) is 31.6. The van der Waals surface area contributed by atoms with E-state index in [1.807, 2.05) is 0 Å². The normalized spacial score (nSPS) is 17.9. The molecule has 2 aliphatic rings. The largest absolute Gasteiger partial charge is 0.459 e. The zero-order chi connectivity index (χ0) is 17.5. The van der Waals surface area contributed by atoms with Crippen molar-refractivity contribution < 1.29 is 32.6 Å². The first-order valence-electron chi connectivity index (χ1n) is 7.89. The lowest BCUT2D eigenvalue weighted by Crippen LogP contribution is -2.38. The predicted molar refractivity (Wildman–Crippen MR) is 77.9 cm³/mol. The maximum absolute atomic E-state index is 13.0. The van der Waals surface area contributed by atoms with Gasteiger partial charge in [0.25, 0.3) is 5.92 Å². The van der Waals surface area contributed by atoms with Crippen LogP contribution in [-0.2, 0) is 23.9 Å². The Balaban J connectivity index is 0.000000231. The number of hydrogen-bond donors (Lipinski definition) is 0. The van der Waals surface area contributed by atoms with E-state index in [0.29, 0.717) is 12.8 Å². The van der Waals surface area contributed by atoms with Crippen LogP contribution in [0.5, 0.6) is 0 Å². The van der Waals surface area contributed by atoms with Gasteiger partial charge in [0.15, 0.2) is 12.4 Å². The Bertz CT molecular complexity index is 428. The number of alkyl halides is 2. The van der Waals surface area contributed by atoms with Crippen LogP contribution in [0.25, 0.3) is 0 Å². The molecule has 0 aromatic carbocycles. The van der Waals surface area contributed by atoms with Crippen molar-refractivity contribution in [1.82, 2.24) is 0 Å². The summed E-state index contributed by atoms with van der Waals surface area (Å²) >= 11 is 0. The lowest BCUT2D eigenvalue weighted by molar-refractivity contribution is -0.165. The summed E-state index contributed by atoms with van der Waals surface area (Å²) in [5, 5.41) is 0. The lowest BCUT2D eigenvalue weighted by atomic mass is 9.81. The Hall–Kier alpha value is -1.53. The van der Waals surface area contributed by atoms with Gasteiger partial charge in [0.05, 0.1) is 0 Å². The number of Topliss-reactive ketones (excluding diaryl/α,β-unsaturated/α-hetero) is 1. The lowest BCUT2D eigenvalue weighted by Gasteiger charge is -2.32. The third-order valence-electron chi connectivity index (χ3n) is 4.15. The number of ether oxygens (including phenoxy) is 2. The van der Waals surface area contributed by atoms with Gasteiger partial charge < -0.3 is 9.47 Å². The number of halogens is 2. The summed E-state index contributed by atoms with van der Waals surface area (Å²) < 4.78 is 34.8. The zero-order valence-corrected chi connectivity index (χ0v) is 13.6. The fraction of sp³-hybridized carbons (Fsp3) is 0.812. The van der Waals surface area contributed by atoms with Gasteiger partial charge in [-0.25, -0.2) is 8.78 Å². The van der Waals surface area contributed by atoms with Gasteiger partial charge in [0.1, 0.15) is 6.61 Å². The van der Waals surface area contributed by atoms with Gasteiger partial charge >= 0.3 is 11.9 Å². The molecular weight excluding hydrogens is 310 g/mol. The maximum atomic E-state index is 13.0. The number of hydrogen-bond acceptors (Lipinski definition) is 5. The molecule has 23 heavy (non-hydrogen) atoms. The van der Waals surface area contributed by atoms with Crippen LogP contribution >= 0.6 is 0 Å². The quantitative estimate of drug-likeness (QED) is 0.699. The number of rotatable bonds is 6. The Labute approximate surface area is 134 Å². The van der Waals surface area contributed by atoms with E-state index in [4.69, 9.17) is 0 Å². The van der Waals surface area contributed by atoms with E-state index in [2.05, 4.69) is 9.47 Å². The molecule has 2 aliphatic carbocycles. The summed E-state index contributed by atoms with van der Waals surface area (Å²) in [5.41, 5.74) is 0. The van der Waals surface area contributed by atoms with E-state index in [1.54, 1.807) is 0 Å². The number of ketones is 1. The molecule has 0 heterocycles. The third kappa shape index (κ3) is 7.05. The topological polar surface area (TPSA) is 69.7 Å². The van der Waals surface area contributed by atoms with Gasteiger partial charge in [-0.2, -0.15) is 0 Å². The van der Waals surface area contributed by atoms with Crippen LogP contribution in [0.4, 0.5) is 8.78 Å². The predicted octanol–water partition coefficient (Wildman–Crippen LogP) is 2.90. The van der Waals surface area contributed by atoms with E-state index in [0.717, 1.165) is 32.6 Å². The van der Waals surface area contributed by atoms with Crippen LogP contribution in [-0.4, -0.2) is 36.9 Å². The first-order valence-corrected chi connectivity index (χ1v) is 7.89. The molecule has 0 bridgehead atoms. The molecule has 5 nitrogen and oxygen atoms in total.